The van der Waals surface area contributed by atoms with Gasteiger partial charge >= 0.3 is 0 Å². The van der Waals surface area contributed by atoms with E-state index in [-0.39, 0.29) is 18.0 Å². The molecule has 2 aliphatic heterocycles. The van der Waals surface area contributed by atoms with Gasteiger partial charge in [0, 0.05) is 6.07 Å². The third-order valence-electron chi connectivity index (χ3n) is 6.56. The van der Waals surface area contributed by atoms with Crippen LogP contribution in [0, 0.1) is 12.8 Å². The molecule has 0 N–H and O–H groups in total. The number of carbonyl (C=O) groups excluding carboxylic acids is 2. The molecule has 3 aliphatic rings. The third kappa shape index (κ3) is 3.18. The monoisotopic (exact) mass is 424 g/mol. The topological polar surface area (TPSA) is 72.6 Å². The molecule has 1 saturated carbocycles. The van der Waals surface area contributed by atoms with E-state index in [0.717, 1.165) is 11.1 Å². The fraction of sp³-hybridized carbons (Fsp3) is 0.458. The summed E-state index contributed by atoms with van der Waals surface area (Å²) in [5.41, 5.74) is 2.25. The number of halogens is 1. The standard InChI is InChI=1S/C24H25FN2O4/c1-12(2)14-4-6-15(7-5-14)21-20-22(28)17-11-16(25)8-9-18(17)30-23(20)24(29)27(21)19-10-13(3)31-26-19/h4-7,10,12,16-18,21H,8-9,11H2,1-3H3. The first-order chi connectivity index (χ1) is 14.8. The molecular formula is C24H25FN2O4. The van der Waals surface area contributed by atoms with Crippen LogP contribution >= 0.6 is 0 Å². The van der Waals surface area contributed by atoms with Crippen LogP contribution in [0.5, 0.6) is 0 Å². The second-order valence-corrected chi connectivity index (χ2v) is 8.97. The molecule has 162 valence electrons. The fourth-order valence-electron chi connectivity index (χ4n) is 4.90. The Morgan fingerprint density at radius 1 is 1.16 bits per heavy atom. The predicted octanol–water partition coefficient (Wildman–Crippen LogP) is 4.55. The van der Waals surface area contributed by atoms with Crippen molar-refractivity contribution in [2.24, 2.45) is 5.92 Å². The molecule has 0 bridgehead atoms. The fourth-order valence-corrected chi connectivity index (χ4v) is 4.90. The lowest BCUT2D eigenvalue weighted by atomic mass is 9.77. The maximum atomic E-state index is 14.1. The summed E-state index contributed by atoms with van der Waals surface area (Å²) in [5.74, 6) is 0.152. The van der Waals surface area contributed by atoms with Crippen molar-refractivity contribution >= 4 is 17.5 Å². The summed E-state index contributed by atoms with van der Waals surface area (Å²) in [4.78, 5) is 28.4. The number of hydrogen-bond donors (Lipinski definition) is 0. The third-order valence-corrected chi connectivity index (χ3v) is 6.56. The molecule has 3 heterocycles. The van der Waals surface area contributed by atoms with Crippen LogP contribution in [-0.2, 0) is 14.3 Å². The number of amides is 1. The highest BCUT2D eigenvalue weighted by Crippen LogP contribution is 2.48. The summed E-state index contributed by atoms with van der Waals surface area (Å²) in [6.45, 7) is 5.96. The lowest BCUT2D eigenvalue weighted by Crippen LogP contribution is -2.42. The van der Waals surface area contributed by atoms with Crippen molar-refractivity contribution in [1.29, 1.82) is 0 Å². The van der Waals surface area contributed by atoms with Crippen LogP contribution in [0.2, 0.25) is 0 Å². The maximum absolute atomic E-state index is 14.1. The molecule has 1 aliphatic carbocycles. The van der Waals surface area contributed by atoms with Crippen molar-refractivity contribution in [2.75, 3.05) is 4.90 Å². The first kappa shape index (κ1) is 20.0. The highest BCUT2D eigenvalue weighted by atomic mass is 19.1. The van der Waals surface area contributed by atoms with Crippen molar-refractivity contribution in [1.82, 2.24) is 5.16 Å². The van der Waals surface area contributed by atoms with Crippen LogP contribution in [0.15, 0.2) is 46.2 Å². The van der Waals surface area contributed by atoms with E-state index in [4.69, 9.17) is 9.26 Å². The van der Waals surface area contributed by atoms with Crippen molar-refractivity contribution in [2.45, 2.75) is 64.3 Å². The minimum absolute atomic E-state index is 0.0714. The minimum Gasteiger partial charge on any atom is -0.483 e. The number of nitrogens with zero attached hydrogens (tertiary/aromatic N) is 2. The van der Waals surface area contributed by atoms with Gasteiger partial charge in [0.1, 0.15) is 18.0 Å². The van der Waals surface area contributed by atoms with Crippen molar-refractivity contribution in [3.8, 4) is 0 Å². The number of fused-ring (bicyclic) bond motifs is 1. The van der Waals surface area contributed by atoms with E-state index in [9.17, 15) is 14.0 Å². The molecule has 6 nitrogen and oxygen atoms in total. The number of ether oxygens (including phenoxy) is 1. The lowest BCUT2D eigenvalue weighted by molar-refractivity contribution is -0.133. The molecule has 1 amide bonds. The van der Waals surface area contributed by atoms with Crippen LogP contribution in [0.4, 0.5) is 10.2 Å². The molecule has 5 rings (SSSR count). The normalized spacial score (nSPS) is 28.1. The van der Waals surface area contributed by atoms with Gasteiger partial charge in [0.25, 0.3) is 5.91 Å². The van der Waals surface area contributed by atoms with Gasteiger partial charge in [-0.3, -0.25) is 14.5 Å². The van der Waals surface area contributed by atoms with E-state index in [1.807, 2.05) is 24.3 Å². The quantitative estimate of drug-likeness (QED) is 0.723. The van der Waals surface area contributed by atoms with Crippen molar-refractivity contribution < 1.29 is 23.2 Å². The Hall–Kier alpha value is -2.96. The number of aryl methyl sites for hydroxylation is 1. The number of carbonyl (C=O) groups is 2. The Morgan fingerprint density at radius 2 is 1.90 bits per heavy atom. The molecule has 4 atom stereocenters. The van der Waals surface area contributed by atoms with Gasteiger partial charge in [-0.2, -0.15) is 0 Å². The summed E-state index contributed by atoms with van der Waals surface area (Å²) in [6.07, 6.45) is -0.566. The number of ketones is 1. The van der Waals surface area contributed by atoms with Gasteiger partial charge in [-0.25, -0.2) is 4.39 Å². The number of rotatable bonds is 3. The second kappa shape index (κ2) is 7.32. The molecule has 0 saturated heterocycles. The van der Waals surface area contributed by atoms with E-state index in [0.29, 0.717) is 35.9 Å². The predicted molar refractivity (Wildman–Crippen MR) is 111 cm³/mol. The number of alkyl halides is 1. The van der Waals surface area contributed by atoms with Crippen LogP contribution in [0.1, 0.15) is 62.0 Å². The molecule has 7 heteroatoms. The Balaban J connectivity index is 1.62. The van der Waals surface area contributed by atoms with Crippen LogP contribution in [0.25, 0.3) is 0 Å². The van der Waals surface area contributed by atoms with Crippen LogP contribution < -0.4 is 4.90 Å². The molecule has 4 unspecified atom stereocenters. The molecule has 0 radical (unpaired) electrons. The number of Topliss-reactive ketones (excluding diaryl/α,β-unsaturated/α-hetero) is 1. The first-order valence-electron chi connectivity index (χ1n) is 10.8. The van der Waals surface area contributed by atoms with E-state index >= 15 is 0 Å². The van der Waals surface area contributed by atoms with E-state index in [1.54, 1.807) is 13.0 Å². The van der Waals surface area contributed by atoms with Gasteiger partial charge in [0.15, 0.2) is 17.4 Å². The van der Waals surface area contributed by atoms with Crippen molar-refractivity contribution in [3.63, 3.8) is 0 Å². The molecule has 1 fully saturated rings. The molecule has 1 aromatic carbocycles. The van der Waals surface area contributed by atoms with Crippen molar-refractivity contribution in [3.05, 3.63) is 58.6 Å². The summed E-state index contributed by atoms with van der Waals surface area (Å²) in [6, 6.07) is 8.86. The summed E-state index contributed by atoms with van der Waals surface area (Å²) in [5, 5.41) is 4.03. The molecule has 31 heavy (non-hydrogen) atoms. The second-order valence-electron chi connectivity index (χ2n) is 8.97. The summed E-state index contributed by atoms with van der Waals surface area (Å²) < 4.78 is 25.4. The summed E-state index contributed by atoms with van der Waals surface area (Å²) >= 11 is 0. The minimum atomic E-state index is -1.02. The van der Waals surface area contributed by atoms with Crippen LogP contribution in [-0.4, -0.2) is 29.1 Å². The highest BCUT2D eigenvalue weighted by Gasteiger charge is 2.53. The Bertz CT molecular complexity index is 1070. The van der Waals surface area contributed by atoms with Gasteiger partial charge in [-0.05, 0) is 43.2 Å². The largest absolute Gasteiger partial charge is 0.483 e. The number of aromatic nitrogens is 1. The van der Waals surface area contributed by atoms with Gasteiger partial charge in [0.2, 0.25) is 0 Å². The molecule has 0 spiro atoms. The Labute approximate surface area is 180 Å². The van der Waals surface area contributed by atoms with Gasteiger partial charge in [0.05, 0.1) is 17.5 Å². The average molecular weight is 424 g/mol. The smallest absolute Gasteiger partial charge is 0.295 e. The zero-order valence-corrected chi connectivity index (χ0v) is 17.8. The lowest BCUT2D eigenvalue weighted by Gasteiger charge is -2.36. The number of anilines is 1. The number of benzene rings is 1. The maximum Gasteiger partial charge on any atom is 0.295 e. The molecular weight excluding hydrogens is 399 g/mol. The number of hydrogen-bond acceptors (Lipinski definition) is 5. The Morgan fingerprint density at radius 3 is 2.55 bits per heavy atom. The average Bonchev–Trinajstić information content (AvgIpc) is 3.30. The van der Waals surface area contributed by atoms with Gasteiger partial charge in [-0.15, -0.1) is 0 Å². The van der Waals surface area contributed by atoms with Gasteiger partial charge < -0.3 is 9.26 Å². The highest BCUT2D eigenvalue weighted by molar-refractivity contribution is 6.17. The zero-order valence-electron chi connectivity index (χ0n) is 17.8. The van der Waals surface area contributed by atoms with E-state index in [1.165, 1.54) is 4.90 Å². The van der Waals surface area contributed by atoms with E-state index in [2.05, 4.69) is 19.0 Å². The molecule has 1 aromatic heterocycles. The zero-order chi connectivity index (χ0) is 21.9. The first-order valence-corrected chi connectivity index (χ1v) is 10.8. The Kier molecular flexibility index (Phi) is 4.72. The molecule has 2 aromatic rings. The van der Waals surface area contributed by atoms with Crippen LogP contribution in [0.3, 0.4) is 0 Å². The van der Waals surface area contributed by atoms with Gasteiger partial charge in [-0.1, -0.05) is 43.3 Å². The summed E-state index contributed by atoms with van der Waals surface area (Å²) in [7, 11) is 0. The van der Waals surface area contributed by atoms with E-state index < -0.39 is 30.1 Å². The SMILES string of the molecule is Cc1cc(N2C(=O)C3=C(C(=O)C4CC(F)CCC4O3)C2c2ccc(C(C)C)cc2)no1.